The Morgan fingerprint density at radius 1 is 0.424 bits per heavy atom. The predicted molar refractivity (Wildman–Crippen MR) is 133 cm³/mol. The lowest BCUT2D eigenvalue weighted by molar-refractivity contribution is 0.498. The fraction of sp³-hybridized carbons (Fsp3) is 0.0400. The fourth-order valence-corrected chi connectivity index (χ4v) is 4.52. The largest absolute Gasteiger partial charge is 0.432 e. The van der Waals surface area contributed by atoms with Gasteiger partial charge in [0.2, 0.25) is 0 Å². The summed E-state index contributed by atoms with van der Waals surface area (Å²) >= 11 is 0. The van der Waals surface area contributed by atoms with Crippen LogP contribution in [0.5, 0.6) is 23.0 Å². The molecule has 0 fully saturated rings. The molecule has 6 nitrogen and oxygen atoms in total. The summed E-state index contributed by atoms with van der Waals surface area (Å²) in [7, 11) is -4.37. The zero-order valence-electron chi connectivity index (χ0n) is 17.7. The van der Waals surface area contributed by atoms with Gasteiger partial charge in [-0.2, -0.15) is 0 Å². The van der Waals surface area contributed by atoms with Gasteiger partial charge in [0, 0.05) is 0 Å². The minimum atomic E-state index is -2.19. The van der Waals surface area contributed by atoms with E-state index in [1.165, 1.54) is 0 Å². The van der Waals surface area contributed by atoms with E-state index in [9.17, 15) is 0 Å². The van der Waals surface area contributed by atoms with Crippen LogP contribution in [-0.2, 0) is 6.42 Å². The molecule has 2 atom stereocenters. The van der Waals surface area contributed by atoms with Gasteiger partial charge in [0.1, 0.15) is 23.0 Å². The number of para-hydroxylation sites is 2. The van der Waals surface area contributed by atoms with Crippen molar-refractivity contribution in [2.24, 2.45) is 0 Å². The van der Waals surface area contributed by atoms with Crippen molar-refractivity contribution >= 4 is 16.3 Å². The van der Waals surface area contributed by atoms with E-state index in [0.717, 1.165) is 17.5 Å². The molecule has 0 aliphatic rings. The summed E-state index contributed by atoms with van der Waals surface area (Å²) in [5, 5.41) is 16.1. The van der Waals surface area contributed by atoms with E-state index in [0.29, 0.717) is 23.0 Å². The topological polar surface area (TPSA) is 84.6 Å². The minimum absolute atomic E-state index is 0.617. The number of nitrogens with one attached hydrogen (secondary N) is 2. The molecule has 8 heteroatoms. The van der Waals surface area contributed by atoms with E-state index < -0.39 is 16.3 Å². The standard InChI is InChI=1S/C25H24N2O4P2/c26-32(28-22-7-3-1-4-8-22)30-24-15-11-20(12-16-24)19-21-13-17-25(18-14-21)31-33(27)29-23-9-5-2-6-10-23/h1-18,26-27,32-33H,19H2. The van der Waals surface area contributed by atoms with Gasteiger partial charge in [0.15, 0.2) is 0 Å². The summed E-state index contributed by atoms with van der Waals surface area (Å²) in [6.07, 6.45) is 0.749. The molecule has 0 aromatic heterocycles. The molecule has 0 amide bonds. The second-order valence-corrected chi connectivity index (χ2v) is 9.04. The Kier molecular flexibility index (Phi) is 7.86. The first-order valence-electron chi connectivity index (χ1n) is 10.3. The Labute approximate surface area is 194 Å². The summed E-state index contributed by atoms with van der Waals surface area (Å²) in [5.41, 5.74) is 2.24. The zero-order chi connectivity index (χ0) is 22.9. The second-order valence-electron chi connectivity index (χ2n) is 7.07. The summed E-state index contributed by atoms with van der Waals surface area (Å²) in [4.78, 5) is 0. The van der Waals surface area contributed by atoms with Crippen molar-refractivity contribution in [2.45, 2.75) is 6.42 Å². The SMILES string of the molecule is N=[PH](Oc1ccccc1)Oc1ccc(Cc2ccc(O[PH](=N)Oc3ccccc3)cc2)cc1. The maximum Gasteiger partial charge on any atom is 0.299 e. The summed E-state index contributed by atoms with van der Waals surface area (Å²) in [6, 6.07) is 33.9. The van der Waals surface area contributed by atoms with Crippen LogP contribution < -0.4 is 18.1 Å². The molecule has 0 aliphatic heterocycles. The average Bonchev–Trinajstić information content (AvgIpc) is 2.83. The lowest BCUT2D eigenvalue weighted by Gasteiger charge is -2.12. The highest BCUT2D eigenvalue weighted by molar-refractivity contribution is 7.35. The third-order valence-corrected chi connectivity index (χ3v) is 6.27. The zero-order valence-corrected chi connectivity index (χ0v) is 19.7. The first-order chi connectivity index (χ1) is 16.1. The van der Waals surface area contributed by atoms with E-state index in [1.807, 2.05) is 109 Å². The van der Waals surface area contributed by atoms with Gasteiger partial charge in [-0.15, -0.1) is 0 Å². The van der Waals surface area contributed by atoms with Crippen LogP contribution in [0.2, 0.25) is 0 Å². The van der Waals surface area contributed by atoms with Gasteiger partial charge >= 0.3 is 0 Å². The average molecular weight is 478 g/mol. The van der Waals surface area contributed by atoms with E-state index in [1.54, 1.807) is 0 Å². The van der Waals surface area contributed by atoms with Crippen molar-refractivity contribution in [3.05, 3.63) is 120 Å². The van der Waals surface area contributed by atoms with Crippen LogP contribution in [0.3, 0.4) is 0 Å². The van der Waals surface area contributed by atoms with Gasteiger partial charge in [0.05, 0.1) is 0 Å². The summed E-state index contributed by atoms with van der Waals surface area (Å²) in [5.74, 6) is 2.50. The van der Waals surface area contributed by atoms with E-state index in [4.69, 9.17) is 28.4 Å². The fourth-order valence-electron chi connectivity index (χ4n) is 3.03. The van der Waals surface area contributed by atoms with Crippen LogP contribution in [0.4, 0.5) is 0 Å². The minimum Gasteiger partial charge on any atom is -0.432 e. The second kappa shape index (κ2) is 11.4. The molecule has 4 aromatic carbocycles. The Balaban J connectivity index is 1.27. The molecule has 33 heavy (non-hydrogen) atoms. The molecule has 0 aliphatic carbocycles. The Morgan fingerprint density at radius 3 is 1.06 bits per heavy atom. The van der Waals surface area contributed by atoms with Crippen LogP contribution in [-0.4, -0.2) is 0 Å². The Morgan fingerprint density at radius 2 is 0.727 bits per heavy atom. The lowest BCUT2D eigenvalue weighted by atomic mass is 10.1. The molecule has 0 radical (unpaired) electrons. The van der Waals surface area contributed by atoms with Gasteiger partial charge < -0.3 is 18.1 Å². The summed E-state index contributed by atoms with van der Waals surface area (Å²) in [6.45, 7) is 0. The van der Waals surface area contributed by atoms with Gasteiger partial charge in [-0.1, -0.05) is 60.7 Å². The van der Waals surface area contributed by atoms with Crippen molar-refractivity contribution < 1.29 is 18.1 Å². The first-order valence-corrected chi connectivity index (χ1v) is 12.9. The molecule has 4 rings (SSSR count). The summed E-state index contributed by atoms with van der Waals surface area (Å²) < 4.78 is 22.3. The van der Waals surface area contributed by atoms with Crippen molar-refractivity contribution in [1.82, 2.24) is 0 Å². The number of rotatable bonds is 10. The van der Waals surface area contributed by atoms with Crippen LogP contribution >= 0.6 is 16.3 Å². The molecular weight excluding hydrogens is 454 g/mol. The highest BCUT2D eigenvalue weighted by Gasteiger charge is 2.04. The maximum atomic E-state index is 8.04. The van der Waals surface area contributed by atoms with Gasteiger partial charge in [-0.05, 0) is 66.1 Å². The Hall–Kier alpha value is -3.46. The van der Waals surface area contributed by atoms with E-state index in [2.05, 4.69) is 0 Å². The highest BCUT2D eigenvalue weighted by atomic mass is 31.1. The van der Waals surface area contributed by atoms with E-state index >= 15 is 0 Å². The third kappa shape index (κ3) is 7.28. The van der Waals surface area contributed by atoms with Gasteiger partial charge in [-0.3, -0.25) is 10.3 Å². The quantitative estimate of drug-likeness (QED) is 0.228. The number of hydrogen-bond donors (Lipinski definition) is 2. The molecule has 0 saturated heterocycles. The van der Waals surface area contributed by atoms with Crippen LogP contribution in [0, 0.1) is 10.3 Å². The molecule has 4 aromatic rings. The number of benzene rings is 4. The van der Waals surface area contributed by atoms with Crippen LogP contribution in [0.1, 0.15) is 11.1 Å². The van der Waals surface area contributed by atoms with Gasteiger partial charge in [-0.25, -0.2) is 0 Å². The van der Waals surface area contributed by atoms with Crippen molar-refractivity contribution in [2.75, 3.05) is 0 Å². The Bertz CT molecular complexity index is 1110. The highest BCUT2D eigenvalue weighted by Crippen LogP contribution is 2.32. The monoisotopic (exact) mass is 478 g/mol. The molecule has 0 saturated carbocycles. The van der Waals surface area contributed by atoms with Crippen LogP contribution in [0.25, 0.3) is 0 Å². The smallest absolute Gasteiger partial charge is 0.299 e. The van der Waals surface area contributed by atoms with Crippen molar-refractivity contribution in [3.63, 3.8) is 0 Å². The molecule has 168 valence electrons. The maximum absolute atomic E-state index is 8.04. The third-order valence-electron chi connectivity index (χ3n) is 4.58. The predicted octanol–water partition coefficient (Wildman–Crippen LogP) is 7.81. The van der Waals surface area contributed by atoms with Crippen molar-refractivity contribution in [3.8, 4) is 23.0 Å². The molecule has 2 N–H and O–H groups in total. The van der Waals surface area contributed by atoms with Crippen molar-refractivity contribution in [1.29, 1.82) is 10.3 Å². The molecule has 2 unspecified atom stereocenters. The first kappa shape index (κ1) is 22.7. The normalized spacial score (nSPS) is 12.4. The molecule has 0 heterocycles. The van der Waals surface area contributed by atoms with Gasteiger partial charge in [0.25, 0.3) is 16.3 Å². The van der Waals surface area contributed by atoms with E-state index in [-0.39, 0.29) is 0 Å². The molecule has 0 bridgehead atoms. The molecular formula is C25H24N2O4P2. The van der Waals surface area contributed by atoms with Crippen LogP contribution in [0.15, 0.2) is 109 Å². The lowest BCUT2D eigenvalue weighted by Crippen LogP contribution is -1.91. The molecule has 0 spiro atoms. The number of hydrogen-bond acceptors (Lipinski definition) is 6.